The van der Waals surface area contributed by atoms with Crippen molar-refractivity contribution in [2.45, 2.75) is 39.7 Å². The molecule has 0 spiro atoms. The van der Waals surface area contributed by atoms with E-state index in [-0.39, 0.29) is 0 Å². The van der Waals surface area contributed by atoms with E-state index in [0.29, 0.717) is 11.7 Å². The van der Waals surface area contributed by atoms with Crippen molar-refractivity contribution in [3.05, 3.63) is 12.2 Å². The minimum atomic E-state index is -0.495. The van der Waals surface area contributed by atoms with Gasteiger partial charge in [0.1, 0.15) is 5.60 Å². The second-order valence-corrected chi connectivity index (χ2v) is 5.52. The molecule has 0 aliphatic heterocycles. The standard InChI is InChI=1S/C12H22N2O2S/c1-9(2)7-8-13-10(17-6)14-11(15)16-12(3,4)5/h1,7-8H2,2-6H3,(H,13,14,15). The van der Waals surface area contributed by atoms with Crippen molar-refractivity contribution in [2.24, 2.45) is 4.99 Å². The summed E-state index contributed by atoms with van der Waals surface area (Å²) >= 11 is 1.38. The summed E-state index contributed by atoms with van der Waals surface area (Å²) in [5.41, 5.74) is 0.581. The number of amides is 1. The van der Waals surface area contributed by atoms with Crippen LogP contribution in [0.3, 0.4) is 0 Å². The van der Waals surface area contributed by atoms with Crippen LogP contribution in [0.1, 0.15) is 34.1 Å². The van der Waals surface area contributed by atoms with E-state index in [0.717, 1.165) is 12.0 Å². The Morgan fingerprint density at radius 1 is 1.47 bits per heavy atom. The first-order valence-electron chi connectivity index (χ1n) is 5.47. The fourth-order valence-corrected chi connectivity index (χ4v) is 1.30. The van der Waals surface area contributed by atoms with Crippen molar-refractivity contribution in [3.63, 3.8) is 0 Å². The van der Waals surface area contributed by atoms with Crippen molar-refractivity contribution in [3.8, 4) is 0 Å². The zero-order chi connectivity index (χ0) is 13.5. The molecule has 0 radical (unpaired) electrons. The lowest BCUT2D eigenvalue weighted by molar-refractivity contribution is 0.0564. The molecular formula is C12H22N2O2S. The van der Waals surface area contributed by atoms with Gasteiger partial charge in [-0.15, -0.1) is 6.58 Å². The summed E-state index contributed by atoms with van der Waals surface area (Å²) in [6.45, 7) is 11.8. The second kappa shape index (κ2) is 7.37. The van der Waals surface area contributed by atoms with Crippen molar-refractivity contribution < 1.29 is 9.53 Å². The highest BCUT2D eigenvalue weighted by Crippen LogP contribution is 2.07. The van der Waals surface area contributed by atoms with Gasteiger partial charge in [-0.05, 0) is 40.4 Å². The van der Waals surface area contributed by atoms with E-state index in [2.05, 4.69) is 16.9 Å². The summed E-state index contributed by atoms with van der Waals surface area (Å²) in [5.74, 6) is 0. The van der Waals surface area contributed by atoms with Crippen LogP contribution in [0.25, 0.3) is 0 Å². The normalized spacial score (nSPS) is 12.2. The molecule has 0 bridgehead atoms. The maximum atomic E-state index is 11.5. The number of thioether (sulfide) groups is 1. The SMILES string of the molecule is C=C(C)CCN=C(NC(=O)OC(C)(C)C)SC. The van der Waals surface area contributed by atoms with E-state index in [1.807, 2.05) is 34.0 Å². The van der Waals surface area contributed by atoms with Crippen LogP contribution in [0.5, 0.6) is 0 Å². The molecule has 0 saturated carbocycles. The van der Waals surface area contributed by atoms with Crippen molar-refractivity contribution in [2.75, 3.05) is 12.8 Å². The molecule has 0 unspecified atom stereocenters. The Hall–Kier alpha value is -0.970. The second-order valence-electron chi connectivity index (χ2n) is 4.72. The summed E-state index contributed by atoms with van der Waals surface area (Å²) in [4.78, 5) is 15.7. The lowest BCUT2D eigenvalue weighted by atomic mass is 10.2. The minimum Gasteiger partial charge on any atom is -0.444 e. The molecule has 98 valence electrons. The Balaban J connectivity index is 4.21. The molecule has 0 saturated heterocycles. The van der Waals surface area contributed by atoms with Gasteiger partial charge in [0.2, 0.25) is 0 Å². The predicted octanol–water partition coefficient (Wildman–Crippen LogP) is 3.20. The Kier molecular flexibility index (Phi) is 6.95. The molecule has 0 aliphatic carbocycles. The molecule has 0 rings (SSSR count). The first kappa shape index (κ1) is 16.0. The molecule has 1 amide bonds. The summed E-state index contributed by atoms with van der Waals surface area (Å²) < 4.78 is 5.14. The average Bonchev–Trinajstić information content (AvgIpc) is 2.12. The monoisotopic (exact) mass is 258 g/mol. The average molecular weight is 258 g/mol. The Bertz CT molecular complexity index is 306. The van der Waals surface area contributed by atoms with Gasteiger partial charge in [0.25, 0.3) is 0 Å². The topological polar surface area (TPSA) is 50.7 Å². The van der Waals surface area contributed by atoms with E-state index in [4.69, 9.17) is 4.74 Å². The molecule has 0 aromatic rings. The van der Waals surface area contributed by atoms with E-state index in [1.54, 1.807) is 0 Å². The molecule has 5 heteroatoms. The summed E-state index contributed by atoms with van der Waals surface area (Å²) in [7, 11) is 0. The lowest BCUT2D eigenvalue weighted by Gasteiger charge is -2.19. The van der Waals surface area contributed by atoms with Gasteiger partial charge in [-0.1, -0.05) is 17.3 Å². The van der Waals surface area contributed by atoms with Crippen LogP contribution in [0.2, 0.25) is 0 Å². The van der Waals surface area contributed by atoms with Gasteiger partial charge in [0.15, 0.2) is 5.17 Å². The van der Waals surface area contributed by atoms with Crippen LogP contribution < -0.4 is 5.32 Å². The van der Waals surface area contributed by atoms with Crippen LogP contribution in [-0.4, -0.2) is 29.7 Å². The Labute approximate surface area is 108 Å². The molecule has 0 aromatic carbocycles. The van der Waals surface area contributed by atoms with Crippen molar-refractivity contribution >= 4 is 23.0 Å². The molecule has 0 aromatic heterocycles. The molecule has 0 aliphatic rings. The van der Waals surface area contributed by atoms with Crippen LogP contribution in [0, 0.1) is 0 Å². The molecular weight excluding hydrogens is 236 g/mol. The summed E-state index contributed by atoms with van der Waals surface area (Å²) in [5, 5.41) is 3.19. The summed E-state index contributed by atoms with van der Waals surface area (Å²) in [6.07, 6.45) is 2.21. The minimum absolute atomic E-state index is 0.471. The van der Waals surface area contributed by atoms with Gasteiger partial charge in [-0.2, -0.15) is 0 Å². The highest BCUT2D eigenvalue weighted by Gasteiger charge is 2.16. The molecule has 4 nitrogen and oxygen atoms in total. The van der Waals surface area contributed by atoms with Gasteiger partial charge >= 0.3 is 6.09 Å². The third-order valence-electron chi connectivity index (χ3n) is 1.60. The Morgan fingerprint density at radius 3 is 2.47 bits per heavy atom. The molecule has 0 heterocycles. The quantitative estimate of drug-likeness (QED) is 0.480. The van der Waals surface area contributed by atoms with Gasteiger partial charge in [0, 0.05) is 6.54 Å². The number of nitrogens with zero attached hydrogens (tertiary/aromatic N) is 1. The highest BCUT2D eigenvalue weighted by molar-refractivity contribution is 8.13. The van der Waals surface area contributed by atoms with E-state index in [1.165, 1.54) is 11.8 Å². The van der Waals surface area contributed by atoms with E-state index < -0.39 is 11.7 Å². The van der Waals surface area contributed by atoms with Crippen molar-refractivity contribution in [1.82, 2.24) is 5.32 Å². The Morgan fingerprint density at radius 2 is 2.06 bits per heavy atom. The third kappa shape index (κ3) is 9.93. The number of hydrogen-bond donors (Lipinski definition) is 1. The molecule has 17 heavy (non-hydrogen) atoms. The maximum Gasteiger partial charge on any atom is 0.413 e. The van der Waals surface area contributed by atoms with Gasteiger partial charge in [-0.3, -0.25) is 10.3 Å². The largest absolute Gasteiger partial charge is 0.444 e. The number of amidine groups is 1. The maximum absolute atomic E-state index is 11.5. The number of nitrogens with one attached hydrogen (secondary N) is 1. The zero-order valence-corrected chi connectivity index (χ0v) is 12.1. The summed E-state index contributed by atoms with van der Waals surface area (Å²) in [6, 6.07) is 0. The number of rotatable bonds is 3. The van der Waals surface area contributed by atoms with E-state index >= 15 is 0 Å². The van der Waals surface area contributed by atoms with Gasteiger partial charge in [-0.25, -0.2) is 4.79 Å². The molecule has 0 fully saturated rings. The molecule has 0 atom stereocenters. The van der Waals surface area contributed by atoms with Crippen LogP contribution in [0.15, 0.2) is 17.1 Å². The lowest BCUT2D eigenvalue weighted by Crippen LogP contribution is -2.35. The number of carbonyl (C=O) groups excluding carboxylic acids is 1. The fraction of sp³-hybridized carbons (Fsp3) is 0.667. The number of ether oxygens (including phenoxy) is 1. The number of hydrogen-bond acceptors (Lipinski definition) is 4. The number of carbonyl (C=O) groups is 1. The predicted molar refractivity (Wildman–Crippen MR) is 74.6 cm³/mol. The van der Waals surface area contributed by atoms with Crippen LogP contribution in [-0.2, 0) is 4.74 Å². The van der Waals surface area contributed by atoms with Gasteiger partial charge < -0.3 is 4.74 Å². The van der Waals surface area contributed by atoms with Gasteiger partial charge in [0.05, 0.1) is 0 Å². The number of aliphatic imine (C=N–C) groups is 1. The fourth-order valence-electron chi connectivity index (χ4n) is 0.894. The van der Waals surface area contributed by atoms with Crippen molar-refractivity contribution in [1.29, 1.82) is 0 Å². The first-order valence-corrected chi connectivity index (χ1v) is 6.70. The smallest absolute Gasteiger partial charge is 0.413 e. The molecule has 1 N–H and O–H groups in total. The number of alkyl carbamates (subject to hydrolysis) is 1. The van der Waals surface area contributed by atoms with Crippen LogP contribution >= 0.6 is 11.8 Å². The van der Waals surface area contributed by atoms with E-state index in [9.17, 15) is 4.79 Å². The highest BCUT2D eigenvalue weighted by atomic mass is 32.2. The van der Waals surface area contributed by atoms with Crippen LogP contribution in [0.4, 0.5) is 4.79 Å². The third-order valence-corrected chi connectivity index (χ3v) is 2.21. The zero-order valence-electron chi connectivity index (χ0n) is 11.3. The first-order chi connectivity index (χ1) is 7.74.